The third kappa shape index (κ3) is 3.41. The van der Waals surface area contributed by atoms with Gasteiger partial charge in [-0.05, 0) is 30.5 Å². The highest BCUT2D eigenvalue weighted by atomic mass is 14.7. The minimum atomic E-state index is 0.110. The van der Waals surface area contributed by atoms with Gasteiger partial charge in [-0.2, -0.15) is 0 Å². The van der Waals surface area contributed by atoms with Crippen molar-refractivity contribution in [1.29, 1.82) is 0 Å². The number of aromatic nitrogens is 1. The van der Waals surface area contributed by atoms with Gasteiger partial charge in [0.05, 0.1) is 11.2 Å². The Hall–Kier alpha value is -1.67. The van der Waals surface area contributed by atoms with Crippen molar-refractivity contribution in [1.82, 2.24) is 4.98 Å². The lowest BCUT2D eigenvalue weighted by Crippen LogP contribution is -2.18. The van der Waals surface area contributed by atoms with E-state index in [9.17, 15) is 0 Å². The van der Waals surface area contributed by atoms with Crippen LogP contribution in [-0.2, 0) is 0 Å². The summed E-state index contributed by atoms with van der Waals surface area (Å²) < 4.78 is 0. The van der Waals surface area contributed by atoms with Gasteiger partial charge in [0.15, 0.2) is 0 Å². The zero-order valence-corrected chi connectivity index (χ0v) is 11.0. The van der Waals surface area contributed by atoms with E-state index >= 15 is 0 Å². The molecule has 0 aliphatic rings. The van der Waals surface area contributed by atoms with Crippen LogP contribution in [0.2, 0.25) is 0 Å². The van der Waals surface area contributed by atoms with Crippen molar-refractivity contribution >= 4 is 17.0 Å². The highest BCUT2D eigenvalue weighted by molar-refractivity contribution is 5.79. The van der Waals surface area contributed by atoms with Crippen molar-refractivity contribution in [3.05, 3.63) is 48.2 Å². The topological polar surface area (TPSA) is 38.9 Å². The third-order valence-electron chi connectivity index (χ3n) is 2.88. The molecule has 0 saturated carbocycles. The van der Waals surface area contributed by atoms with E-state index in [-0.39, 0.29) is 6.04 Å². The normalized spacial score (nSPS) is 13.6. The second-order valence-electron chi connectivity index (χ2n) is 5.08. The number of nitrogens with zero attached hydrogens (tertiary/aromatic N) is 1. The molecule has 0 spiro atoms. The maximum atomic E-state index is 6.02. The van der Waals surface area contributed by atoms with E-state index in [4.69, 9.17) is 5.73 Å². The fraction of sp³-hybridized carbons (Fsp3) is 0.312. The third-order valence-corrected chi connectivity index (χ3v) is 2.88. The lowest BCUT2D eigenvalue weighted by molar-refractivity contribution is 0.547. The number of fused-ring (bicyclic) bond motifs is 1. The van der Waals surface area contributed by atoms with E-state index in [1.165, 1.54) is 5.39 Å². The van der Waals surface area contributed by atoms with Gasteiger partial charge in [0.2, 0.25) is 0 Å². The van der Waals surface area contributed by atoms with Crippen LogP contribution >= 0.6 is 0 Å². The SMILES string of the molecule is CC(C)C[C@H](N)C=Cc1ccc2ccccc2n1. The van der Waals surface area contributed by atoms with Crippen LogP contribution in [0.25, 0.3) is 17.0 Å². The number of hydrogen-bond acceptors (Lipinski definition) is 2. The molecule has 2 aromatic rings. The number of para-hydroxylation sites is 1. The summed E-state index contributed by atoms with van der Waals surface area (Å²) in [4.78, 5) is 4.58. The maximum absolute atomic E-state index is 6.02. The van der Waals surface area contributed by atoms with Crippen molar-refractivity contribution in [2.24, 2.45) is 11.7 Å². The van der Waals surface area contributed by atoms with Gasteiger partial charge < -0.3 is 5.73 Å². The highest BCUT2D eigenvalue weighted by Crippen LogP contribution is 2.13. The number of rotatable bonds is 4. The Labute approximate surface area is 109 Å². The van der Waals surface area contributed by atoms with Gasteiger partial charge in [0.25, 0.3) is 0 Å². The molecule has 2 rings (SSSR count). The van der Waals surface area contributed by atoms with Gasteiger partial charge in [-0.1, -0.05) is 44.2 Å². The number of pyridine rings is 1. The van der Waals surface area contributed by atoms with Crippen LogP contribution in [0.4, 0.5) is 0 Å². The van der Waals surface area contributed by atoms with E-state index in [1.54, 1.807) is 0 Å². The Balaban J connectivity index is 2.14. The molecular weight excluding hydrogens is 220 g/mol. The quantitative estimate of drug-likeness (QED) is 0.886. The molecule has 2 N–H and O–H groups in total. The molecule has 1 aromatic heterocycles. The molecular formula is C16H20N2. The van der Waals surface area contributed by atoms with Gasteiger partial charge in [-0.15, -0.1) is 0 Å². The summed E-state index contributed by atoms with van der Waals surface area (Å²) >= 11 is 0. The Morgan fingerprint density at radius 1 is 1.17 bits per heavy atom. The zero-order chi connectivity index (χ0) is 13.0. The average molecular weight is 240 g/mol. The molecule has 0 bridgehead atoms. The van der Waals surface area contributed by atoms with E-state index in [0.29, 0.717) is 5.92 Å². The molecule has 2 heteroatoms. The Morgan fingerprint density at radius 2 is 1.94 bits per heavy atom. The largest absolute Gasteiger partial charge is 0.324 e. The summed E-state index contributed by atoms with van der Waals surface area (Å²) in [5.74, 6) is 0.620. The fourth-order valence-corrected chi connectivity index (χ4v) is 2.02. The van der Waals surface area contributed by atoms with Crippen molar-refractivity contribution in [3.8, 4) is 0 Å². The van der Waals surface area contributed by atoms with Crippen molar-refractivity contribution < 1.29 is 0 Å². The van der Waals surface area contributed by atoms with Gasteiger partial charge in [-0.3, -0.25) is 0 Å². The Morgan fingerprint density at radius 3 is 2.72 bits per heavy atom. The summed E-state index contributed by atoms with van der Waals surface area (Å²) in [6.45, 7) is 4.37. The van der Waals surface area contributed by atoms with E-state index in [2.05, 4.69) is 31.0 Å². The lowest BCUT2D eigenvalue weighted by Gasteiger charge is -2.08. The van der Waals surface area contributed by atoms with Crippen LogP contribution in [0, 0.1) is 5.92 Å². The second-order valence-corrected chi connectivity index (χ2v) is 5.08. The first kappa shape index (κ1) is 12.8. The Bertz CT molecular complexity index is 544. The summed E-state index contributed by atoms with van der Waals surface area (Å²) in [6, 6.07) is 12.4. The van der Waals surface area contributed by atoms with Gasteiger partial charge in [0, 0.05) is 11.4 Å². The maximum Gasteiger partial charge on any atom is 0.0709 e. The second kappa shape index (κ2) is 5.78. The standard InChI is InChI=1S/C16H20N2/c1-12(2)11-14(17)8-10-15-9-7-13-5-3-4-6-16(13)18-15/h3-10,12,14H,11,17H2,1-2H3/t14-/m1/s1. The summed E-state index contributed by atoms with van der Waals surface area (Å²) in [5.41, 5.74) is 8.01. The molecule has 1 atom stereocenters. The first-order valence-electron chi connectivity index (χ1n) is 6.45. The summed E-state index contributed by atoms with van der Waals surface area (Å²) in [6.07, 6.45) is 5.06. The van der Waals surface area contributed by atoms with Crippen LogP contribution < -0.4 is 5.73 Å². The molecule has 0 fully saturated rings. The summed E-state index contributed by atoms with van der Waals surface area (Å²) in [5, 5.41) is 1.17. The average Bonchev–Trinajstić information content (AvgIpc) is 2.35. The van der Waals surface area contributed by atoms with Crippen LogP contribution in [-0.4, -0.2) is 11.0 Å². The van der Waals surface area contributed by atoms with Gasteiger partial charge in [0.1, 0.15) is 0 Å². The first-order valence-corrected chi connectivity index (χ1v) is 6.45. The zero-order valence-electron chi connectivity index (χ0n) is 11.0. The van der Waals surface area contributed by atoms with Gasteiger partial charge >= 0.3 is 0 Å². The Kier molecular flexibility index (Phi) is 4.11. The van der Waals surface area contributed by atoms with Gasteiger partial charge in [-0.25, -0.2) is 4.98 Å². The molecule has 0 unspecified atom stereocenters. The molecule has 1 heterocycles. The first-order chi connectivity index (χ1) is 8.65. The minimum Gasteiger partial charge on any atom is -0.324 e. The van der Waals surface area contributed by atoms with Crippen LogP contribution in [0.15, 0.2) is 42.5 Å². The van der Waals surface area contributed by atoms with E-state index in [1.807, 2.05) is 36.4 Å². The van der Waals surface area contributed by atoms with Crippen molar-refractivity contribution in [2.75, 3.05) is 0 Å². The molecule has 1 aromatic carbocycles. The van der Waals surface area contributed by atoms with Crippen LogP contribution in [0.3, 0.4) is 0 Å². The molecule has 0 aliphatic heterocycles. The fourth-order valence-electron chi connectivity index (χ4n) is 2.02. The summed E-state index contributed by atoms with van der Waals surface area (Å²) in [7, 11) is 0. The van der Waals surface area contributed by atoms with Crippen molar-refractivity contribution in [2.45, 2.75) is 26.3 Å². The van der Waals surface area contributed by atoms with Crippen molar-refractivity contribution in [3.63, 3.8) is 0 Å². The highest BCUT2D eigenvalue weighted by Gasteiger charge is 2.01. The number of nitrogens with two attached hydrogens (primary N) is 1. The molecule has 0 aliphatic carbocycles. The smallest absolute Gasteiger partial charge is 0.0709 e. The van der Waals surface area contributed by atoms with E-state index in [0.717, 1.165) is 17.6 Å². The monoisotopic (exact) mass is 240 g/mol. The molecule has 0 amide bonds. The van der Waals surface area contributed by atoms with E-state index < -0.39 is 0 Å². The number of benzene rings is 1. The molecule has 2 nitrogen and oxygen atoms in total. The van der Waals surface area contributed by atoms with Crippen LogP contribution in [0.1, 0.15) is 26.0 Å². The molecule has 0 saturated heterocycles. The predicted molar refractivity (Wildman–Crippen MR) is 78.2 cm³/mol. The van der Waals surface area contributed by atoms with Crippen LogP contribution in [0.5, 0.6) is 0 Å². The lowest BCUT2D eigenvalue weighted by atomic mass is 10.0. The minimum absolute atomic E-state index is 0.110. The molecule has 94 valence electrons. The predicted octanol–water partition coefficient (Wildman–Crippen LogP) is 3.62. The number of hydrogen-bond donors (Lipinski definition) is 1. The molecule has 0 radical (unpaired) electrons. The molecule has 18 heavy (non-hydrogen) atoms.